The summed E-state index contributed by atoms with van der Waals surface area (Å²) in [5.41, 5.74) is 6.65. The molecule has 4 aromatic carbocycles. The SMILES string of the molecule is CC(c1cc(Cl)cc(Cl)c1)c1cc(Cl)cc(Cl)c1.Cc1ccc(C(C)c2ccc(C)cc2Cl)c(Cl)c1. The van der Waals surface area contributed by atoms with Crippen LogP contribution in [0.15, 0.2) is 72.8 Å². The number of rotatable bonds is 4. The standard InChI is InChI=1S/C16H16Cl2.C14H10Cl4/c1-10-4-6-13(15(17)8-10)12(3)14-7-5-11(2)9-16(14)18;1-8(9-2-11(15)6-12(16)3-9)10-4-13(17)7-14(18)5-10/h4-9,12H,1-3H3;2-8H,1H3. The van der Waals surface area contributed by atoms with Gasteiger partial charge in [-0.1, -0.05) is 108 Å². The van der Waals surface area contributed by atoms with Gasteiger partial charge in [-0.25, -0.2) is 0 Å². The lowest BCUT2D eigenvalue weighted by Gasteiger charge is -2.16. The maximum absolute atomic E-state index is 6.31. The van der Waals surface area contributed by atoms with E-state index in [1.165, 1.54) is 11.1 Å². The second kappa shape index (κ2) is 12.9. The van der Waals surface area contributed by atoms with Crippen molar-refractivity contribution >= 4 is 69.6 Å². The van der Waals surface area contributed by atoms with Gasteiger partial charge in [0.25, 0.3) is 0 Å². The summed E-state index contributed by atoms with van der Waals surface area (Å²) in [5.74, 6) is 0.323. The Morgan fingerprint density at radius 3 is 1.08 bits per heavy atom. The van der Waals surface area contributed by atoms with Crippen molar-refractivity contribution in [2.24, 2.45) is 0 Å². The largest absolute Gasteiger partial charge is 0.0843 e. The summed E-state index contributed by atoms with van der Waals surface area (Å²) >= 11 is 36.7. The predicted molar refractivity (Wildman–Crippen MR) is 160 cm³/mol. The van der Waals surface area contributed by atoms with Gasteiger partial charge in [0, 0.05) is 42.0 Å². The van der Waals surface area contributed by atoms with Crippen LogP contribution >= 0.6 is 69.6 Å². The molecule has 0 amide bonds. The van der Waals surface area contributed by atoms with Gasteiger partial charge >= 0.3 is 0 Å². The maximum atomic E-state index is 6.31. The Labute approximate surface area is 244 Å². The summed E-state index contributed by atoms with van der Waals surface area (Å²) in [5, 5.41) is 4.10. The van der Waals surface area contributed by atoms with Gasteiger partial charge in [0.05, 0.1) is 0 Å². The molecule has 0 nitrogen and oxygen atoms in total. The average Bonchev–Trinajstić information content (AvgIpc) is 2.77. The van der Waals surface area contributed by atoms with Crippen LogP contribution in [0.1, 0.15) is 59.1 Å². The Kier molecular flexibility index (Phi) is 10.5. The van der Waals surface area contributed by atoms with Crippen molar-refractivity contribution in [3.8, 4) is 0 Å². The Morgan fingerprint density at radius 2 is 0.778 bits per heavy atom. The van der Waals surface area contributed by atoms with E-state index in [-0.39, 0.29) is 11.8 Å². The molecule has 188 valence electrons. The molecule has 0 fully saturated rings. The van der Waals surface area contributed by atoms with Gasteiger partial charge in [0.2, 0.25) is 0 Å². The van der Waals surface area contributed by atoms with Crippen LogP contribution in [0.5, 0.6) is 0 Å². The molecule has 4 rings (SSSR count). The second-order valence-electron chi connectivity index (χ2n) is 8.90. The van der Waals surface area contributed by atoms with Gasteiger partial charge in [0.1, 0.15) is 0 Å². The summed E-state index contributed by atoms with van der Waals surface area (Å²) in [6.45, 7) is 8.27. The summed E-state index contributed by atoms with van der Waals surface area (Å²) in [6.07, 6.45) is 0. The molecule has 0 aliphatic carbocycles. The summed E-state index contributed by atoms with van der Waals surface area (Å²) in [7, 11) is 0. The summed E-state index contributed by atoms with van der Waals surface area (Å²) in [6, 6.07) is 23.3. The van der Waals surface area contributed by atoms with E-state index in [2.05, 4.69) is 38.1 Å². The Morgan fingerprint density at radius 1 is 0.444 bits per heavy atom. The van der Waals surface area contributed by atoms with E-state index in [4.69, 9.17) is 69.6 Å². The van der Waals surface area contributed by atoms with E-state index in [0.717, 1.165) is 32.3 Å². The predicted octanol–water partition coefficient (Wildman–Crippen LogP) is 12.2. The highest BCUT2D eigenvalue weighted by molar-refractivity contribution is 6.35. The molecule has 0 bridgehead atoms. The third-order valence-electron chi connectivity index (χ3n) is 6.01. The van der Waals surface area contributed by atoms with Gasteiger partial charge in [-0.2, -0.15) is 0 Å². The molecule has 36 heavy (non-hydrogen) atoms. The number of hydrogen-bond acceptors (Lipinski definition) is 0. The van der Waals surface area contributed by atoms with E-state index >= 15 is 0 Å². The van der Waals surface area contributed by atoms with Crippen LogP contribution in [0.3, 0.4) is 0 Å². The molecule has 6 heteroatoms. The minimum absolute atomic E-state index is 0.123. The van der Waals surface area contributed by atoms with Crippen LogP contribution in [-0.4, -0.2) is 0 Å². The quantitative estimate of drug-likeness (QED) is 0.219. The minimum atomic E-state index is 0.123. The minimum Gasteiger partial charge on any atom is -0.0843 e. The molecule has 0 heterocycles. The first-order chi connectivity index (χ1) is 16.9. The third kappa shape index (κ3) is 7.81. The van der Waals surface area contributed by atoms with Gasteiger partial charge in [-0.05, 0) is 95.8 Å². The number of halogens is 6. The second-order valence-corrected chi connectivity index (χ2v) is 11.5. The molecule has 0 N–H and O–H groups in total. The molecule has 0 saturated carbocycles. The maximum Gasteiger partial charge on any atom is 0.0446 e. The first-order valence-corrected chi connectivity index (χ1v) is 13.7. The monoisotopic (exact) mass is 596 g/mol. The third-order valence-corrected chi connectivity index (χ3v) is 7.54. The fraction of sp³-hybridized carbons (Fsp3) is 0.200. The van der Waals surface area contributed by atoms with Gasteiger partial charge < -0.3 is 0 Å². The van der Waals surface area contributed by atoms with Crippen molar-refractivity contribution in [2.75, 3.05) is 0 Å². The highest BCUT2D eigenvalue weighted by atomic mass is 35.5. The van der Waals surface area contributed by atoms with E-state index in [0.29, 0.717) is 20.1 Å². The Bertz CT molecular complexity index is 1220. The molecule has 4 aromatic rings. The van der Waals surface area contributed by atoms with Crippen molar-refractivity contribution in [1.29, 1.82) is 0 Å². The van der Waals surface area contributed by atoms with E-state index < -0.39 is 0 Å². The summed E-state index contributed by atoms with van der Waals surface area (Å²) in [4.78, 5) is 0. The number of aryl methyl sites for hydroxylation is 2. The molecule has 0 atom stereocenters. The molecular formula is C30H26Cl6. The molecule has 0 aromatic heterocycles. The zero-order valence-electron chi connectivity index (χ0n) is 20.4. The first kappa shape index (κ1) is 29.2. The van der Waals surface area contributed by atoms with Crippen molar-refractivity contribution in [3.63, 3.8) is 0 Å². The molecule has 0 radical (unpaired) electrons. The molecular weight excluding hydrogens is 573 g/mol. The smallest absolute Gasteiger partial charge is 0.0446 e. The number of hydrogen-bond donors (Lipinski definition) is 0. The van der Waals surface area contributed by atoms with Gasteiger partial charge in [-0.3, -0.25) is 0 Å². The molecule has 0 aliphatic rings. The lowest BCUT2D eigenvalue weighted by molar-refractivity contribution is 0.921. The van der Waals surface area contributed by atoms with E-state index in [1.807, 2.05) is 50.2 Å². The van der Waals surface area contributed by atoms with Gasteiger partial charge in [-0.15, -0.1) is 0 Å². The number of benzene rings is 4. The van der Waals surface area contributed by atoms with Gasteiger partial charge in [0.15, 0.2) is 0 Å². The Hall–Kier alpha value is -1.38. The molecule has 0 spiro atoms. The highest BCUT2D eigenvalue weighted by Gasteiger charge is 2.15. The van der Waals surface area contributed by atoms with Crippen molar-refractivity contribution in [3.05, 3.63) is 136 Å². The fourth-order valence-electron chi connectivity index (χ4n) is 3.98. The van der Waals surface area contributed by atoms with Crippen LogP contribution in [-0.2, 0) is 0 Å². The van der Waals surface area contributed by atoms with Crippen LogP contribution in [0.4, 0.5) is 0 Å². The van der Waals surface area contributed by atoms with Crippen LogP contribution < -0.4 is 0 Å². The average molecular weight is 599 g/mol. The lowest BCUT2D eigenvalue weighted by Crippen LogP contribution is -1.98. The van der Waals surface area contributed by atoms with Crippen molar-refractivity contribution in [1.82, 2.24) is 0 Å². The van der Waals surface area contributed by atoms with Crippen LogP contribution in [0.25, 0.3) is 0 Å². The molecule has 0 aliphatic heterocycles. The zero-order chi connectivity index (χ0) is 26.6. The van der Waals surface area contributed by atoms with Crippen molar-refractivity contribution in [2.45, 2.75) is 39.5 Å². The highest BCUT2D eigenvalue weighted by Crippen LogP contribution is 2.35. The fourth-order valence-corrected chi connectivity index (χ4v) is 5.86. The van der Waals surface area contributed by atoms with E-state index in [9.17, 15) is 0 Å². The van der Waals surface area contributed by atoms with Crippen LogP contribution in [0.2, 0.25) is 30.1 Å². The first-order valence-electron chi connectivity index (χ1n) is 11.4. The molecule has 0 unspecified atom stereocenters. The van der Waals surface area contributed by atoms with E-state index in [1.54, 1.807) is 12.1 Å². The molecule has 0 saturated heterocycles. The normalized spacial score (nSPS) is 11.0. The summed E-state index contributed by atoms with van der Waals surface area (Å²) < 4.78 is 0. The Balaban J connectivity index is 0.000000201. The van der Waals surface area contributed by atoms with Crippen molar-refractivity contribution < 1.29 is 0 Å². The van der Waals surface area contributed by atoms with Crippen LogP contribution in [0, 0.1) is 13.8 Å². The zero-order valence-corrected chi connectivity index (χ0v) is 24.9. The lowest BCUT2D eigenvalue weighted by atomic mass is 9.92. The topological polar surface area (TPSA) is 0 Å².